The summed E-state index contributed by atoms with van der Waals surface area (Å²) in [6.07, 6.45) is 1.46. The van der Waals surface area contributed by atoms with E-state index in [1.807, 2.05) is 53.4 Å². The van der Waals surface area contributed by atoms with E-state index in [4.69, 9.17) is 0 Å². The third-order valence-electron chi connectivity index (χ3n) is 5.08. The van der Waals surface area contributed by atoms with Gasteiger partial charge in [0.15, 0.2) is 5.78 Å². The molecule has 1 aliphatic rings. The number of likely N-dealkylation sites (N-methyl/N-ethyl adjacent to an activating group) is 1. The molecule has 4 nitrogen and oxygen atoms in total. The fourth-order valence-electron chi connectivity index (χ4n) is 3.46. The van der Waals surface area contributed by atoms with E-state index in [1.54, 1.807) is 0 Å². The monoisotopic (exact) mass is 350 g/mol. The average Bonchev–Trinajstić information content (AvgIpc) is 2.69. The first-order valence-corrected chi connectivity index (χ1v) is 9.26. The molecule has 4 heteroatoms. The lowest BCUT2D eigenvalue weighted by Crippen LogP contribution is -2.48. The molecular formula is C22H26N2O2. The van der Waals surface area contributed by atoms with Crippen molar-refractivity contribution in [2.75, 3.05) is 26.7 Å². The van der Waals surface area contributed by atoms with Crippen molar-refractivity contribution in [1.82, 2.24) is 9.80 Å². The molecule has 1 saturated heterocycles. The number of benzene rings is 2. The molecule has 136 valence electrons. The second kappa shape index (κ2) is 8.77. The Balaban J connectivity index is 1.51. The van der Waals surface area contributed by atoms with Crippen molar-refractivity contribution in [3.05, 3.63) is 71.8 Å². The largest absolute Gasteiger partial charge is 0.339 e. The first-order valence-electron chi connectivity index (χ1n) is 9.26. The first-order chi connectivity index (χ1) is 12.6. The van der Waals surface area contributed by atoms with Crippen LogP contribution in [-0.4, -0.2) is 48.2 Å². The Morgan fingerprint density at radius 1 is 0.923 bits per heavy atom. The normalized spacial score (nSPS) is 17.9. The predicted molar refractivity (Wildman–Crippen MR) is 103 cm³/mol. The van der Waals surface area contributed by atoms with Gasteiger partial charge in [0.1, 0.15) is 0 Å². The number of hydrogen-bond donors (Lipinski definition) is 0. The molecule has 0 saturated carbocycles. The number of rotatable bonds is 6. The van der Waals surface area contributed by atoms with Gasteiger partial charge in [-0.25, -0.2) is 0 Å². The van der Waals surface area contributed by atoms with Crippen molar-refractivity contribution in [1.29, 1.82) is 0 Å². The summed E-state index contributed by atoms with van der Waals surface area (Å²) in [5, 5.41) is 0. The number of hydrogen-bond acceptors (Lipinski definition) is 3. The summed E-state index contributed by atoms with van der Waals surface area (Å²) in [6.45, 7) is 2.34. The van der Waals surface area contributed by atoms with Gasteiger partial charge < -0.3 is 4.90 Å². The minimum absolute atomic E-state index is 0.110. The molecule has 0 bridgehead atoms. The summed E-state index contributed by atoms with van der Waals surface area (Å²) in [4.78, 5) is 29.0. The molecule has 2 aromatic carbocycles. The van der Waals surface area contributed by atoms with Gasteiger partial charge in [-0.2, -0.15) is 0 Å². The molecule has 1 amide bonds. The minimum atomic E-state index is 0.110. The molecule has 0 unspecified atom stereocenters. The van der Waals surface area contributed by atoms with Crippen LogP contribution in [0.4, 0.5) is 0 Å². The SMILES string of the molecule is CN1CCN(C(=O)CCCC(=O)c2ccccc2)C[C@H]1c1ccccc1. The Hall–Kier alpha value is -2.46. The molecule has 0 radical (unpaired) electrons. The van der Waals surface area contributed by atoms with Crippen molar-refractivity contribution < 1.29 is 9.59 Å². The van der Waals surface area contributed by atoms with Crippen LogP contribution in [0.2, 0.25) is 0 Å². The van der Waals surface area contributed by atoms with Crippen LogP contribution in [0, 0.1) is 0 Å². The molecular weight excluding hydrogens is 324 g/mol. The van der Waals surface area contributed by atoms with E-state index in [9.17, 15) is 9.59 Å². The highest BCUT2D eigenvalue weighted by Crippen LogP contribution is 2.24. The van der Waals surface area contributed by atoms with Crippen LogP contribution in [0.25, 0.3) is 0 Å². The van der Waals surface area contributed by atoms with Gasteiger partial charge in [-0.05, 0) is 19.0 Å². The summed E-state index contributed by atoms with van der Waals surface area (Å²) in [5.74, 6) is 0.263. The molecule has 0 aromatic heterocycles. The van der Waals surface area contributed by atoms with Gasteiger partial charge in [-0.3, -0.25) is 14.5 Å². The molecule has 1 atom stereocenters. The maximum absolute atomic E-state index is 12.6. The van der Waals surface area contributed by atoms with Crippen LogP contribution in [0.3, 0.4) is 0 Å². The second-order valence-corrected chi connectivity index (χ2v) is 6.89. The third-order valence-corrected chi connectivity index (χ3v) is 5.08. The summed E-state index contributed by atoms with van der Waals surface area (Å²) in [7, 11) is 2.11. The van der Waals surface area contributed by atoms with Gasteiger partial charge in [0.2, 0.25) is 5.91 Å². The standard InChI is InChI=1S/C22H26N2O2/c1-23-15-16-24(17-20(23)18-9-4-2-5-10-18)22(26)14-8-13-21(25)19-11-6-3-7-12-19/h2-7,9-12,20H,8,13-17H2,1H3/t20-/m0/s1. The van der Waals surface area contributed by atoms with Gasteiger partial charge in [-0.1, -0.05) is 60.7 Å². The van der Waals surface area contributed by atoms with Crippen molar-refractivity contribution in [2.24, 2.45) is 0 Å². The molecule has 0 spiro atoms. The van der Waals surface area contributed by atoms with E-state index in [2.05, 4.69) is 24.1 Å². The zero-order chi connectivity index (χ0) is 18.4. The first kappa shape index (κ1) is 18.3. The van der Waals surface area contributed by atoms with Crippen LogP contribution in [0.5, 0.6) is 0 Å². The van der Waals surface area contributed by atoms with Gasteiger partial charge in [0.25, 0.3) is 0 Å². The van der Waals surface area contributed by atoms with E-state index in [1.165, 1.54) is 5.56 Å². The van der Waals surface area contributed by atoms with E-state index in [-0.39, 0.29) is 17.7 Å². The number of ketones is 1. The fraction of sp³-hybridized carbons (Fsp3) is 0.364. The van der Waals surface area contributed by atoms with Crippen LogP contribution in [0.1, 0.15) is 41.2 Å². The number of carbonyl (C=O) groups is 2. The van der Waals surface area contributed by atoms with Crippen molar-refractivity contribution in [2.45, 2.75) is 25.3 Å². The number of Topliss-reactive ketones (excluding diaryl/α,β-unsaturated/α-hetero) is 1. The molecule has 26 heavy (non-hydrogen) atoms. The summed E-state index contributed by atoms with van der Waals surface area (Å²) < 4.78 is 0. The topological polar surface area (TPSA) is 40.6 Å². The van der Waals surface area contributed by atoms with Crippen LogP contribution < -0.4 is 0 Å². The Morgan fingerprint density at radius 3 is 2.27 bits per heavy atom. The maximum atomic E-state index is 12.6. The van der Waals surface area contributed by atoms with Gasteiger partial charge in [-0.15, -0.1) is 0 Å². The second-order valence-electron chi connectivity index (χ2n) is 6.89. The zero-order valence-corrected chi connectivity index (χ0v) is 15.3. The Morgan fingerprint density at radius 2 is 1.58 bits per heavy atom. The van der Waals surface area contributed by atoms with E-state index >= 15 is 0 Å². The van der Waals surface area contributed by atoms with E-state index in [0.717, 1.165) is 18.7 Å². The molecule has 0 aliphatic carbocycles. The maximum Gasteiger partial charge on any atom is 0.222 e. The lowest BCUT2D eigenvalue weighted by Gasteiger charge is -2.39. The van der Waals surface area contributed by atoms with Crippen LogP contribution in [0.15, 0.2) is 60.7 Å². The highest BCUT2D eigenvalue weighted by Gasteiger charge is 2.28. The lowest BCUT2D eigenvalue weighted by atomic mass is 10.0. The predicted octanol–water partition coefficient (Wildman–Crippen LogP) is 3.55. The molecule has 1 heterocycles. The third kappa shape index (κ3) is 4.58. The summed E-state index contributed by atoms with van der Waals surface area (Å²) in [5.41, 5.74) is 1.97. The van der Waals surface area contributed by atoms with Crippen LogP contribution in [-0.2, 0) is 4.79 Å². The fourth-order valence-corrected chi connectivity index (χ4v) is 3.46. The summed E-state index contributed by atoms with van der Waals surface area (Å²) in [6, 6.07) is 19.9. The molecule has 2 aromatic rings. The number of carbonyl (C=O) groups excluding carboxylic acids is 2. The Labute approximate surface area is 155 Å². The van der Waals surface area contributed by atoms with Gasteiger partial charge in [0.05, 0.1) is 6.04 Å². The van der Waals surface area contributed by atoms with Gasteiger partial charge in [0, 0.05) is 38.0 Å². The number of piperazine rings is 1. The minimum Gasteiger partial charge on any atom is -0.339 e. The molecule has 3 rings (SSSR count). The Kier molecular flexibility index (Phi) is 6.18. The van der Waals surface area contributed by atoms with Crippen LogP contribution >= 0.6 is 0 Å². The lowest BCUT2D eigenvalue weighted by molar-refractivity contribution is -0.134. The van der Waals surface area contributed by atoms with E-state index in [0.29, 0.717) is 25.8 Å². The highest BCUT2D eigenvalue weighted by atomic mass is 16.2. The number of amides is 1. The zero-order valence-electron chi connectivity index (χ0n) is 15.3. The van der Waals surface area contributed by atoms with Crippen molar-refractivity contribution in [3.8, 4) is 0 Å². The summed E-state index contributed by atoms with van der Waals surface area (Å²) >= 11 is 0. The number of nitrogens with zero attached hydrogens (tertiary/aromatic N) is 2. The smallest absolute Gasteiger partial charge is 0.222 e. The quantitative estimate of drug-likeness (QED) is 0.748. The average molecular weight is 350 g/mol. The van der Waals surface area contributed by atoms with Gasteiger partial charge >= 0.3 is 0 Å². The molecule has 1 fully saturated rings. The molecule has 0 N–H and O–H groups in total. The van der Waals surface area contributed by atoms with Crippen molar-refractivity contribution in [3.63, 3.8) is 0 Å². The molecule has 1 aliphatic heterocycles. The highest BCUT2D eigenvalue weighted by molar-refractivity contribution is 5.96. The van der Waals surface area contributed by atoms with Crippen molar-refractivity contribution >= 4 is 11.7 Å². The van der Waals surface area contributed by atoms with E-state index < -0.39 is 0 Å². The Bertz CT molecular complexity index is 730.